The molecule has 0 saturated carbocycles. The van der Waals surface area contributed by atoms with Gasteiger partial charge in [-0.1, -0.05) is 24.3 Å². The van der Waals surface area contributed by atoms with E-state index in [0.29, 0.717) is 24.3 Å². The number of hydrogen-bond donors (Lipinski definition) is 1. The maximum Gasteiger partial charge on any atom is 0.259 e. The lowest BCUT2D eigenvalue weighted by Gasteiger charge is -2.26. The lowest BCUT2D eigenvalue weighted by atomic mass is 10.00. The van der Waals surface area contributed by atoms with Crippen molar-refractivity contribution in [3.05, 3.63) is 64.8 Å². The number of carbonyl (C=O) groups excluding carboxylic acids is 2. The van der Waals surface area contributed by atoms with Crippen LogP contribution >= 0.6 is 11.3 Å². The topological polar surface area (TPSA) is 79.5 Å². The van der Waals surface area contributed by atoms with Crippen LogP contribution in [0, 0.1) is 0 Å². The van der Waals surface area contributed by atoms with Gasteiger partial charge in [0.2, 0.25) is 5.91 Å². The second kappa shape index (κ2) is 9.58. The molecule has 3 aromatic rings. The van der Waals surface area contributed by atoms with Gasteiger partial charge in [-0.25, -0.2) is 0 Å². The number of primary amides is 1. The first-order valence-electron chi connectivity index (χ1n) is 10.7. The number of pyridine rings is 1. The Morgan fingerprint density at radius 1 is 1.23 bits per heavy atom. The van der Waals surface area contributed by atoms with Crippen LogP contribution in [0.3, 0.4) is 0 Å². The molecule has 1 aromatic carbocycles. The van der Waals surface area contributed by atoms with E-state index in [2.05, 4.69) is 9.88 Å². The highest BCUT2D eigenvalue weighted by Crippen LogP contribution is 2.34. The summed E-state index contributed by atoms with van der Waals surface area (Å²) < 4.78 is 1.07. The first-order valence-corrected chi connectivity index (χ1v) is 11.5. The van der Waals surface area contributed by atoms with Crippen molar-refractivity contribution < 1.29 is 9.59 Å². The lowest BCUT2D eigenvalue weighted by Crippen LogP contribution is -2.38. The Kier molecular flexibility index (Phi) is 6.63. The van der Waals surface area contributed by atoms with Crippen molar-refractivity contribution in [2.24, 2.45) is 5.73 Å². The Labute approximate surface area is 186 Å². The fraction of sp³-hybridized carbons (Fsp3) is 0.375. The summed E-state index contributed by atoms with van der Waals surface area (Å²) in [4.78, 5) is 34.2. The van der Waals surface area contributed by atoms with E-state index in [0.717, 1.165) is 47.3 Å². The van der Waals surface area contributed by atoms with Crippen LogP contribution in [0.1, 0.15) is 40.2 Å². The Balaban J connectivity index is 1.41. The Morgan fingerprint density at radius 2 is 2.03 bits per heavy atom. The normalized spacial score (nSPS) is 16.3. The van der Waals surface area contributed by atoms with Gasteiger partial charge >= 0.3 is 0 Å². The van der Waals surface area contributed by atoms with Gasteiger partial charge in [-0.15, -0.1) is 11.3 Å². The Morgan fingerprint density at radius 3 is 2.81 bits per heavy atom. The third-order valence-electron chi connectivity index (χ3n) is 5.92. The van der Waals surface area contributed by atoms with Crippen LogP contribution in [-0.2, 0) is 17.8 Å². The number of aromatic nitrogens is 1. The van der Waals surface area contributed by atoms with Crippen molar-refractivity contribution in [2.75, 3.05) is 20.1 Å². The molecular formula is C24H28N4O2S. The number of thiophene rings is 1. The predicted octanol–water partition coefficient (Wildman–Crippen LogP) is 3.45. The van der Waals surface area contributed by atoms with Crippen LogP contribution in [0.15, 0.2) is 48.7 Å². The Hall–Kier alpha value is -2.77. The molecule has 0 bridgehead atoms. The minimum atomic E-state index is -0.386. The van der Waals surface area contributed by atoms with Gasteiger partial charge in [-0.2, -0.15) is 0 Å². The first kappa shape index (κ1) is 21.5. The first-order chi connectivity index (χ1) is 15.0. The monoisotopic (exact) mass is 436 g/mol. The van der Waals surface area contributed by atoms with Crippen LogP contribution in [0.4, 0.5) is 0 Å². The maximum atomic E-state index is 13.0. The van der Waals surface area contributed by atoms with Gasteiger partial charge in [-0.3, -0.25) is 14.6 Å². The quantitative estimate of drug-likeness (QED) is 0.587. The zero-order valence-corrected chi connectivity index (χ0v) is 18.6. The number of amides is 2. The summed E-state index contributed by atoms with van der Waals surface area (Å²) in [5.74, 6) is -0.209. The zero-order valence-electron chi connectivity index (χ0n) is 17.8. The van der Waals surface area contributed by atoms with Gasteiger partial charge in [0.1, 0.15) is 0 Å². The molecular weight excluding hydrogens is 408 g/mol. The molecule has 1 aliphatic heterocycles. The minimum absolute atomic E-state index is 0.115. The van der Waals surface area contributed by atoms with Crippen LogP contribution in [0.25, 0.3) is 10.1 Å². The summed E-state index contributed by atoms with van der Waals surface area (Å²) in [5.41, 5.74) is 7.66. The van der Waals surface area contributed by atoms with Gasteiger partial charge in [0.25, 0.3) is 5.91 Å². The fourth-order valence-electron chi connectivity index (χ4n) is 4.39. The van der Waals surface area contributed by atoms with Crippen LogP contribution in [-0.4, -0.2) is 52.8 Å². The molecule has 2 amide bonds. The molecule has 6 nitrogen and oxygen atoms in total. The Bertz CT molecular complexity index is 1070. The van der Waals surface area contributed by atoms with Crippen molar-refractivity contribution in [3.8, 4) is 0 Å². The van der Waals surface area contributed by atoms with E-state index >= 15 is 0 Å². The van der Waals surface area contributed by atoms with Gasteiger partial charge in [0.05, 0.1) is 10.6 Å². The molecule has 31 heavy (non-hydrogen) atoms. The lowest BCUT2D eigenvalue weighted by molar-refractivity contribution is -0.132. The highest BCUT2D eigenvalue weighted by Gasteiger charge is 2.30. The highest BCUT2D eigenvalue weighted by atomic mass is 32.1. The number of hydrogen-bond acceptors (Lipinski definition) is 5. The van der Waals surface area contributed by atoms with Crippen molar-refractivity contribution in [2.45, 2.75) is 38.3 Å². The van der Waals surface area contributed by atoms with Gasteiger partial charge in [-0.05, 0) is 55.5 Å². The van der Waals surface area contributed by atoms with E-state index in [-0.39, 0.29) is 17.9 Å². The van der Waals surface area contributed by atoms with Crippen LogP contribution in [0.5, 0.6) is 0 Å². The number of carbonyl (C=O) groups is 2. The molecule has 0 aliphatic carbocycles. The summed E-state index contributed by atoms with van der Waals surface area (Å²) in [6, 6.07) is 14.0. The number of likely N-dealkylation sites (tertiary alicyclic amines) is 1. The van der Waals surface area contributed by atoms with Gasteiger partial charge in [0.15, 0.2) is 0 Å². The summed E-state index contributed by atoms with van der Waals surface area (Å²) >= 11 is 1.45. The van der Waals surface area contributed by atoms with Crippen molar-refractivity contribution in [1.82, 2.24) is 14.8 Å². The average Bonchev–Trinajstić information content (AvgIpc) is 3.38. The third-order valence-corrected chi connectivity index (χ3v) is 7.15. The molecule has 1 fully saturated rings. The second-order valence-corrected chi connectivity index (χ2v) is 9.22. The van der Waals surface area contributed by atoms with Crippen molar-refractivity contribution in [1.29, 1.82) is 0 Å². The molecule has 0 radical (unpaired) electrons. The van der Waals surface area contributed by atoms with Crippen LogP contribution in [0.2, 0.25) is 0 Å². The molecule has 0 spiro atoms. The molecule has 1 saturated heterocycles. The number of fused-ring (bicyclic) bond motifs is 1. The van der Waals surface area contributed by atoms with Gasteiger partial charge in [0, 0.05) is 43.0 Å². The summed E-state index contributed by atoms with van der Waals surface area (Å²) in [5, 5.41) is 1.08. The number of nitrogens with two attached hydrogens (primary N) is 1. The standard InChI is InChI=1S/C24H28N4O2S/c1-27(16-17-7-4-5-12-26-17)14-11-22(29)28-13-6-8-18(28)15-20-19-9-2-3-10-21(19)31-23(20)24(25)30/h2-5,7,9-10,12,18H,6,8,11,13-16H2,1H3,(H2,25,30). The molecule has 2 aromatic heterocycles. The summed E-state index contributed by atoms with van der Waals surface area (Å²) in [7, 11) is 2.01. The molecule has 1 unspecified atom stereocenters. The fourth-order valence-corrected chi connectivity index (χ4v) is 5.47. The second-order valence-electron chi connectivity index (χ2n) is 8.17. The third kappa shape index (κ3) is 4.94. The molecule has 1 atom stereocenters. The molecule has 162 valence electrons. The zero-order chi connectivity index (χ0) is 21.8. The number of rotatable bonds is 8. The smallest absolute Gasteiger partial charge is 0.259 e. The van der Waals surface area contributed by atoms with E-state index in [4.69, 9.17) is 5.73 Å². The van der Waals surface area contributed by atoms with E-state index in [1.54, 1.807) is 6.20 Å². The number of benzene rings is 1. The van der Waals surface area contributed by atoms with Crippen LogP contribution < -0.4 is 5.73 Å². The van der Waals surface area contributed by atoms with E-state index in [1.165, 1.54) is 11.3 Å². The predicted molar refractivity (Wildman–Crippen MR) is 124 cm³/mol. The van der Waals surface area contributed by atoms with E-state index in [1.807, 2.05) is 54.4 Å². The summed E-state index contributed by atoms with van der Waals surface area (Å²) in [6.07, 6.45) is 4.90. The van der Waals surface area contributed by atoms with Crippen molar-refractivity contribution in [3.63, 3.8) is 0 Å². The SMILES string of the molecule is CN(CCC(=O)N1CCCC1Cc1c(C(N)=O)sc2ccccc12)Cc1ccccn1. The number of nitrogens with zero attached hydrogens (tertiary/aromatic N) is 3. The largest absolute Gasteiger partial charge is 0.365 e. The molecule has 3 heterocycles. The van der Waals surface area contributed by atoms with E-state index in [9.17, 15) is 9.59 Å². The highest BCUT2D eigenvalue weighted by molar-refractivity contribution is 7.21. The van der Waals surface area contributed by atoms with Gasteiger partial charge < -0.3 is 15.5 Å². The van der Waals surface area contributed by atoms with Crippen molar-refractivity contribution >= 4 is 33.2 Å². The molecule has 2 N–H and O–H groups in total. The summed E-state index contributed by atoms with van der Waals surface area (Å²) in [6.45, 7) is 2.19. The molecule has 7 heteroatoms. The average molecular weight is 437 g/mol. The van der Waals surface area contributed by atoms with E-state index < -0.39 is 0 Å². The molecule has 4 rings (SSSR count). The maximum absolute atomic E-state index is 13.0. The minimum Gasteiger partial charge on any atom is -0.365 e. The molecule has 1 aliphatic rings.